The van der Waals surface area contributed by atoms with E-state index < -0.39 is 0 Å². The number of nitrogens with one attached hydrogen (secondary N) is 2. The lowest BCUT2D eigenvalue weighted by molar-refractivity contribution is 0.353. The van der Waals surface area contributed by atoms with Crippen molar-refractivity contribution in [1.82, 2.24) is 10.6 Å². The summed E-state index contributed by atoms with van der Waals surface area (Å²) in [5.41, 5.74) is 0.281. The summed E-state index contributed by atoms with van der Waals surface area (Å²) < 4.78 is 0. The van der Waals surface area contributed by atoms with Gasteiger partial charge < -0.3 is 10.6 Å². The Kier molecular flexibility index (Phi) is 5.51. The van der Waals surface area contributed by atoms with Gasteiger partial charge in [-0.25, -0.2) is 0 Å². The predicted octanol–water partition coefficient (Wildman–Crippen LogP) is 1.76. The summed E-state index contributed by atoms with van der Waals surface area (Å²) in [7, 11) is 0. The Bertz CT molecular complexity index is 110. The van der Waals surface area contributed by atoms with E-state index in [4.69, 9.17) is 0 Å². The van der Waals surface area contributed by atoms with E-state index in [1.807, 2.05) is 0 Å². The number of likely N-dealkylation sites (N-methyl/N-ethyl adjacent to an activating group) is 1. The third-order valence-corrected chi connectivity index (χ3v) is 2.32. The van der Waals surface area contributed by atoms with Gasteiger partial charge in [0, 0.05) is 18.1 Å². The molecule has 12 heavy (non-hydrogen) atoms. The molecule has 2 nitrogen and oxygen atoms in total. The minimum atomic E-state index is 0.281. The lowest BCUT2D eigenvalue weighted by Gasteiger charge is -2.26. The fraction of sp³-hybridized carbons (Fsp3) is 1.00. The molecule has 1 atom stereocenters. The molecule has 74 valence electrons. The van der Waals surface area contributed by atoms with Crippen LogP contribution in [0.3, 0.4) is 0 Å². The fourth-order valence-corrected chi connectivity index (χ4v) is 0.975. The van der Waals surface area contributed by atoms with Gasteiger partial charge in [0.2, 0.25) is 0 Å². The predicted molar refractivity (Wildman–Crippen MR) is 55.5 cm³/mol. The molecule has 0 aromatic heterocycles. The molecule has 0 amide bonds. The molecule has 0 aliphatic carbocycles. The lowest BCUT2D eigenvalue weighted by Crippen LogP contribution is -2.45. The Morgan fingerprint density at radius 3 is 2.25 bits per heavy atom. The van der Waals surface area contributed by atoms with Crippen LogP contribution in [-0.2, 0) is 0 Å². The summed E-state index contributed by atoms with van der Waals surface area (Å²) in [5.74, 6) is 0. The highest BCUT2D eigenvalue weighted by Gasteiger charge is 2.14. The summed E-state index contributed by atoms with van der Waals surface area (Å²) in [6.07, 6.45) is 1.17. The average Bonchev–Trinajstić information content (AvgIpc) is 2.02. The zero-order chi connectivity index (χ0) is 9.61. The highest BCUT2D eigenvalue weighted by Crippen LogP contribution is 2.05. The normalized spacial score (nSPS) is 14.8. The largest absolute Gasteiger partial charge is 0.313 e. The van der Waals surface area contributed by atoms with Crippen LogP contribution in [0, 0.1) is 0 Å². The van der Waals surface area contributed by atoms with E-state index in [2.05, 4.69) is 45.3 Å². The highest BCUT2D eigenvalue weighted by molar-refractivity contribution is 4.77. The third-order valence-electron chi connectivity index (χ3n) is 2.32. The van der Waals surface area contributed by atoms with Gasteiger partial charge in [-0.2, -0.15) is 0 Å². The molecule has 2 heteroatoms. The maximum absolute atomic E-state index is 3.53. The van der Waals surface area contributed by atoms with Crippen LogP contribution >= 0.6 is 0 Å². The van der Waals surface area contributed by atoms with E-state index in [1.165, 1.54) is 6.42 Å². The van der Waals surface area contributed by atoms with Crippen LogP contribution in [0.15, 0.2) is 0 Å². The van der Waals surface area contributed by atoms with Crippen LogP contribution in [0.4, 0.5) is 0 Å². The van der Waals surface area contributed by atoms with Crippen molar-refractivity contribution >= 4 is 0 Å². The van der Waals surface area contributed by atoms with Crippen molar-refractivity contribution in [3.8, 4) is 0 Å². The summed E-state index contributed by atoms with van der Waals surface area (Å²) in [6, 6.07) is 0.570. The van der Waals surface area contributed by atoms with E-state index in [0.29, 0.717) is 6.04 Å². The maximum Gasteiger partial charge on any atom is 0.0164 e. The van der Waals surface area contributed by atoms with E-state index in [-0.39, 0.29) is 5.54 Å². The number of hydrogen-bond acceptors (Lipinski definition) is 2. The van der Waals surface area contributed by atoms with Crippen LogP contribution in [0.5, 0.6) is 0 Å². The molecular weight excluding hydrogens is 148 g/mol. The van der Waals surface area contributed by atoms with E-state index in [9.17, 15) is 0 Å². The van der Waals surface area contributed by atoms with Crippen LogP contribution in [0.2, 0.25) is 0 Å². The Balaban J connectivity index is 3.52. The highest BCUT2D eigenvalue weighted by atomic mass is 15.0. The smallest absolute Gasteiger partial charge is 0.0164 e. The summed E-state index contributed by atoms with van der Waals surface area (Å²) >= 11 is 0. The van der Waals surface area contributed by atoms with E-state index >= 15 is 0 Å². The van der Waals surface area contributed by atoms with Gasteiger partial charge in [0.1, 0.15) is 0 Å². The average molecular weight is 172 g/mol. The lowest BCUT2D eigenvalue weighted by atomic mass is 10.0. The monoisotopic (exact) mass is 172 g/mol. The SMILES string of the molecule is CCNC(C)CNC(C)(C)CC. The van der Waals surface area contributed by atoms with Crippen LogP contribution in [0.1, 0.15) is 41.0 Å². The summed E-state index contributed by atoms with van der Waals surface area (Å²) in [6.45, 7) is 13.1. The van der Waals surface area contributed by atoms with Crippen molar-refractivity contribution in [2.24, 2.45) is 0 Å². The van der Waals surface area contributed by atoms with Crippen molar-refractivity contribution in [3.63, 3.8) is 0 Å². The van der Waals surface area contributed by atoms with Crippen molar-refractivity contribution in [2.75, 3.05) is 13.1 Å². The topological polar surface area (TPSA) is 24.1 Å². The van der Waals surface area contributed by atoms with Gasteiger partial charge in [0.15, 0.2) is 0 Å². The maximum atomic E-state index is 3.53. The quantitative estimate of drug-likeness (QED) is 0.638. The minimum Gasteiger partial charge on any atom is -0.313 e. The first-order valence-corrected chi connectivity index (χ1v) is 5.00. The van der Waals surface area contributed by atoms with Crippen molar-refractivity contribution in [3.05, 3.63) is 0 Å². The molecule has 0 bridgehead atoms. The summed E-state index contributed by atoms with van der Waals surface area (Å²) in [5, 5.41) is 6.91. The molecule has 0 fully saturated rings. The Labute approximate surface area is 77.1 Å². The molecule has 2 N–H and O–H groups in total. The second-order valence-corrected chi connectivity index (χ2v) is 4.08. The van der Waals surface area contributed by atoms with Gasteiger partial charge in [-0.15, -0.1) is 0 Å². The standard InChI is InChI=1S/C10H24N2/c1-6-10(4,5)12-8-9(3)11-7-2/h9,11-12H,6-8H2,1-5H3. The van der Waals surface area contributed by atoms with Gasteiger partial charge in [-0.1, -0.05) is 13.8 Å². The van der Waals surface area contributed by atoms with Crippen LogP contribution < -0.4 is 10.6 Å². The molecule has 0 aromatic rings. The molecule has 0 aliphatic rings. The molecule has 0 radical (unpaired) electrons. The molecular formula is C10H24N2. The fourth-order valence-electron chi connectivity index (χ4n) is 0.975. The minimum absolute atomic E-state index is 0.281. The van der Waals surface area contributed by atoms with Crippen LogP contribution in [0.25, 0.3) is 0 Å². The first-order valence-electron chi connectivity index (χ1n) is 5.00. The molecule has 0 saturated carbocycles. The molecule has 0 heterocycles. The van der Waals surface area contributed by atoms with E-state index in [1.54, 1.807) is 0 Å². The first kappa shape index (κ1) is 11.9. The Morgan fingerprint density at radius 2 is 1.83 bits per heavy atom. The zero-order valence-corrected chi connectivity index (χ0v) is 9.20. The zero-order valence-electron chi connectivity index (χ0n) is 9.20. The van der Waals surface area contributed by atoms with Gasteiger partial charge in [-0.3, -0.25) is 0 Å². The van der Waals surface area contributed by atoms with Crippen LogP contribution in [-0.4, -0.2) is 24.7 Å². The van der Waals surface area contributed by atoms with Crippen molar-refractivity contribution in [2.45, 2.75) is 52.6 Å². The molecule has 0 aromatic carbocycles. The second kappa shape index (κ2) is 5.55. The Hall–Kier alpha value is -0.0800. The van der Waals surface area contributed by atoms with Crippen molar-refractivity contribution < 1.29 is 0 Å². The van der Waals surface area contributed by atoms with Crippen molar-refractivity contribution in [1.29, 1.82) is 0 Å². The molecule has 0 spiro atoms. The van der Waals surface area contributed by atoms with E-state index in [0.717, 1.165) is 13.1 Å². The van der Waals surface area contributed by atoms with Gasteiger partial charge in [0.05, 0.1) is 0 Å². The van der Waals surface area contributed by atoms with Gasteiger partial charge in [0.25, 0.3) is 0 Å². The Morgan fingerprint density at radius 1 is 1.25 bits per heavy atom. The number of rotatable bonds is 6. The second-order valence-electron chi connectivity index (χ2n) is 4.08. The molecule has 0 aliphatic heterocycles. The first-order chi connectivity index (χ1) is 5.52. The van der Waals surface area contributed by atoms with Gasteiger partial charge >= 0.3 is 0 Å². The molecule has 0 rings (SSSR count). The third kappa shape index (κ3) is 5.56. The van der Waals surface area contributed by atoms with Gasteiger partial charge in [-0.05, 0) is 33.7 Å². The molecule has 0 saturated heterocycles. The molecule has 1 unspecified atom stereocenters. The number of hydrogen-bond donors (Lipinski definition) is 2. The summed E-state index contributed by atoms with van der Waals surface area (Å²) in [4.78, 5) is 0.